The standard InChI is InChI=1S/C36H50ClN3O10S2/c1-20-11-10-12-27(47-8)36(45)19-26(48-34(44)38-36)21(2)32-35(4,50-32)28(49-33(43)22(3)39(5)29(41)13-14-52-51-9)18-30(42)40(6)24-16-23(15-20)17-25(46-7)31(24)37/h10-12,16-17,21-22,26-28,32,45H,13-15,18-19H2,1-9H3,(H,38,44)/b12-10+,20-11+. The molecule has 0 aliphatic carbocycles. The van der Waals surface area contributed by atoms with E-state index in [1.165, 1.54) is 31.1 Å². The van der Waals surface area contributed by atoms with Crippen LogP contribution in [0.5, 0.6) is 5.75 Å². The Balaban J connectivity index is 1.74. The summed E-state index contributed by atoms with van der Waals surface area (Å²) in [6.45, 7) is 7.02. The van der Waals surface area contributed by atoms with Gasteiger partial charge in [0.25, 0.3) is 0 Å². The number of anilines is 1. The van der Waals surface area contributed by atoms with Crippen LogP contribution in [0.4, 0.5) is 10.5 Å². The Morgan fingerprint density at radius 1 is 1.27 bits per heavy atom. The Kier molecular flexibility index (Phi) is 14.0. The number of rotatable bonds is 9. The van der Waals surface area contributed by atoms with Crippen LogP contribution in [0.2, 0.25) is 5.02 Å². The molecule has 3 heterocycles. The van der Waals surface area contributed by atoms with Gasteiger partial charge in [-0.3, -0.25) is 14.9 Å². The molecule has 0 saturated carbocycles. The molecule has 4 bridgehead atoms. The molecule has 4 rings (SSSR count). The maximum absolute atomic E-state index is 14.1. The third-order valence-corrected chi connectivity index (χ3v) is 12.2. The molecular weight excluding hydrogens is 734 g/mol. The lowest BCUT2D eigenvalue weighted by Crippen LogP contribution is -2.63. The van der Waals surface area contributed by atoms with Crippen molar-refractivity contribution in [3.05, 3.63) is 46.5 Å². The zero-order valence-corrected chi connectivity index (χ0v) is 33.5. The summed E-state index contributed by atoms with van der Waals surface area (Å²) in [5.41, 5.74) is -0.884. The van der Waals surface area contributed by atoms with Crippen LogP contribution in [0.15, 0.2) is 35.9 Å². The quantitative estimate of drug-likeness (QED) is 0.151. The first-order valence-electron chi connectivity index (χ1n) is 17.0. The SMILES string of the molecule is COc1cc2cc(c1Cl)N(C)C(=O)CC(OC(=O)C(C)N(C)C(=O)CCSSC)C1(C)OC1C(C)C1CC(O)(NC(=O)O1)C(OC)/C=C/C=C(\C)C2. The van der Waals surface area contributed by atoms with E-state index in [1.54, 1.807) is 73.7 Å². The van der Waals surface area contributed by atoms with Crippen molar-refractivity contribution >= 4 is 62.8 Å². The van der Waals surface area contributed by atoms with E-state index < -0.39 is 65.7 Å². The van der Waals surface area contributed by atoms with Gasteiger partial charge in [-0.05, 0) is 51.1 Å². The van der Waals surface area contributed by atoms with E-state index >= 15 is 0 Å². The number of amides is 3. The van der Waals surface area contributed by atoms with Gasteiger partial charge in [-0.15, -0.1) is 0 Å². The second-order valence-corrected chi connectivity index (χ2v) is 16.7. The Bertz CT molecular complexity index is 1580. The van der Waals surface area contributed by atoms with Crippen LogP contribution in [-0.2, 0) is 39.8 Å². The molecule has 3 aliphatic rings. The van der Waals surface area contributed by atoms with Crippen LogP contribution in [0.1, 0.15) is 52.5 Å². The number of ether oxygens (including phenoxy) is 5. The van der Waals surface area contributed by atoms with Gasteiger partial charge in [0.1, 0.15) is 40.7 Å². The topological polar surface area (TPSA) is 156 Å². The molecule has 2 fully saturated rings. The monoisotopic (exact) mass is 783 g/mol. The molecule has 0 radical (unpaired) electrons. The lowest BCUT2D eigenvalue weighted by Gasteiger charge is -2.42. The van der Waals surface area contributed by atoms with Crippen LogP contribution in [0.25, 0.3) is 0 Å². The molecule has 1 aromatic rings. The Morgan fingerprint density at radius 2 is 1.98 bits per heavy atom. The van der Waals surface area contributed by atoms with Crippen LogP contribution < -0.4 is 15.0 Å². The molecule has 288 valence electrons. The van der Waals surface area contributed by atoms with Gasteiger partial charge >= 0.3 is 12.1 Å². The number of alkyl carbamates (subject to hydrolysis) is 1. The van der Waals surface area contributed by atoms with Crippen molar-refractivity contribution in [1.82, 2.24) is 10.2 Å². The third kappa shape index (κ3) is 9.40. The number of hydrogen-bond acceptors (Lipinski definition) is 12. The number of hydrogen-bond donors (Lipinski definition) is 2. The predicted octanol–water partition coefficient (Wildman–Crippen LogP) is 4.92. The molecule has 3 amide bonds. The van der Waals surface area contributed by atoms with E-state index in [-0.39, 0.29) is 30.2 Å². The van der Waals surface area contributed by atoms with Crippen molar-refractivity contribution in [1.29, 1.82) is 0 Å². The number of allylic oxidation sites excluding steroid dienone is 3. The Labute approximate surface area is 318 Å². The number of fused-ring (bicyclic) bond motifs is 5. The molecule has 8 unspecified atom stereocenters. The first-order valence-corrected chi connectivity index (χ1v) is 20.1. The van der Waals surface area contributed by atoms with E-state index in [2.05, 4.69) is 5.32 Å². The molecule has 2 saturated heterocycles. The number of carbonyl (C=O) groups excluding carboxylic acids is 4. The summed E-state index contributed by atoms with van der Waals surface area (Å²) in [4.78, 5) is 56.2. The van der Waals surface area contributed by atoms with Gasteiger partial charge in [-0.2, -0.15) is 0 Å². The van der Waals surface area contributed by atoms with Gasteiger partial charge in [0, 0.05) is 45.7 Å². The number of nitrogens with one attached hydrogen (secondary N) is 1. The van der Waals surface area contributed by atoms with Crippen molar-refractivity contribution in [2.45, 2.75) is 95.2 Å². The van der Waals surface area contributed by atoms with Crippen LogP contribution in [0.3, 0.4) is 0 Å². The molecule has 13 nitrogen and oxygen atoms in total. The van der Waals surface area contributed by atoms with E-state index in [4.69, 9.17) is 35.3 Å². The van der Waals surface area contributed by atoms with Gasteiger partial charge < -0.3 is 38.6 Å². The smallest absolute Gasteiger partial charge is 0.409 e. The minimum absolute atomic E-state index is 0.0452. The number of methoxy groups -OCH3 is 2. The van der Waals surface area contributed by atoms with E-state index in [0.29, 0.717) is 23.6 Å². The van der Waals surface area contributed by atoms with E-state index in [9.17, 15) is 24.3 Å². The minimum atomic E-state index is -1.82. The highest BCUT2D eigenvalue weighted by molar-refractivity contribution is 8.76. The average Bonchev–Trinajstić information content (AvgIpc) is 3.80. The zero-order valence-electron chi connectivity index (χ0n) is 31.1. The maximum Gasteiger partial charge on any atom is 0.409 e. The summed E-state index contributed by atoms with van der Waals surface area (Å²) in [7, 11) is 9.14. The summed E-state index contributed by atoms with van der Waals surface area (Å²) in [5, 5.41) is 14.5. The van der Waals surface area contributed by atoms with Crippen molar-refractivity contribution in [2.75, 3.05) is 45.2 Å². The summed E-state index contributed by atoms with van der Waals surface area (Å²) >= 11 is 6.75. The predicted molar refractivity (Wildman–Crippen MR) is 202 cm³/mol. The first kappa shape index (κ1) is 41.8. The lowest BCUT2D eigenvalue weighted by molar-refractivity contribution is -0.161. The molecule has 0 spiro atoms. The fourth-order valence-electron chi connectivity index (χ4n) is 6.61. The number of epoxide rings is 1. The van der Waals surface area contributed by atoms with Crippen LogP contribution >= 0.6 is 33.2 Å². The largest absolute Gasteiger partial charge is 0.495 e. The van der Waals surface area contributed by atoms with Crippen molar-refractivity contribution in [3.63, 3.8) is 0 Å². The summed E-state index contributed by atoms with van der Waals surface area (Å²) < 4.78 is 29.2. The number of halogens is 1. The highest BCUT2D eigenvalue weighted by atomic mass is 35.5. The fourth-order valence-corrected chi connectivity index (χ4v) is 8.09. The number of benzene rings is 1. The average molecular weight is 784 g/mol. The van der Waals surface area contributed by atoms with Gasteiger partial charge in [-0.25, -0.2) is 9.59 Å². The molecule has 3 aliphatic heterocycles. The van der Waals surface area contributed by atoms with Crippen molar-refractivity contribution in [2.24, 2.45) is 5.92 Å². The maximum atomic E-state index is 14.1. The number of likely N-dealkylation sites (N-methyl/N-ethyl adjacent to an activating group) is 1. The molecule has 16 heteroatoms. The number of nitrogens with zero attached hydrogens (tertiary/aromatic N) is 2. The van der Waals surface area contributed by atoms with Gasteiger partial charge in [0.15, 0.2) is 5.72 Å². The molecule has 1 aromatic carbocycles. The van der Waals surface area contributed by atoms with Gasteiger partial charge in [-0.1, -0.05) is 63.9 Å². The fraction of sp³-hybridized carbons (Fsp3) is 0.611. The van der Waals surface area contributed by atoms with Crippen molar-refractivity contribution in [3.8, 4) is 5.75 Å². The molecular formula is C36H50ClN3O10S2. The minimum Gasteiger partial charge on any atom is -0.495 e. The zero-order chi connectivity index (χ0) is 38.5. The molecule has 2 N–H and O–H groups in total. The van der Waals surface area contributed by atoms with E-state index in [0.717, 1.165) is 11.1 Å². The summed E-state index contributed by atoms with van der Waals surface area (Å²) in [6.07, 6.45) is 3.17. The number of esters is 1. The van der Waals surface area contributed by atoms with Gasteiger partial charge in [0.05, 0.1) is 25.3 Å². The van der Waals surface area contributed by atoms with E-state index in [1.807, 2.05) is 19.3 Å². The summed E-state index contributed by atoms with van der Waals surface area (Å²) in [6, 6.07) is 2.63. The second-order valence-electron chi connectivity index (χ2n) is 13.6. The lowest BCUT2D eigenvalue weighted by atomic mass is 9.83. The number of aliphatic hydroxyl groups is 1. The number of carbonyl (C=O) groups is 4. The normalized spacial score (nSPS) is 31.6. The van der Waals surface area contributed by atoms with Crippen LogP contribution in [0, 0.1) is 5.92 Å². The molecule has 8 atom stereocenters. The van der Waals surface area contributed by atoms with Crippen molar-refractivity contribution < 1.29 is 48.0 Å². The highest BCUT2D eigenvalue weighted by Gasteiger charge is 2.64. The highest BCUT2D eigenvalue weighted by Crippen LogP contribution is 2.49. The first-order chi connectivity index (χ1) is 24.5. The molecule has 52 heavy (non-hydrogen) atoms. The third-order valence-electron chi connectivity index (χ3n) is 10.0. The second kappa shape index (κ2) is 17.5. The van der Waals surface area contributed by atoms with Crippen LogP contribution in [-0.4, -0.2) is 116 Å². The van der Waals surface area contributed by atoms with Gasteiger partial charge in [0.2, 0.25) is 11.8 Å². The Morgan fingerprint density at radius 3 is 2.63 bits per heavy atom. The summed E-state index contributed by atoms with van der Waals surface area (Å²) in [5.74, 6) is -0.916. The Hall–Kier alpha value is -2.95. The molecule has 0 aromatic heterocycles.